The van der Waals surface area contributed by atoms with Gasteiger partial charge in [0.25, 0.3) is 7.02 Å². The van der Waals surface area contributed by atoms with Gasteiger partial charge in [-0.1, -0.05) is 47.9 Å². The van der Waals surface area contributed by atoms with Crippen LogP contribution in [-0.2, 0) is 0 Å². The van der Waals surface area contributed by atoms with E-state index in [0.29, 0.717) is 0 Å². The minimum Gasteiger partial charge on any atom is -0.297 e. The quantitative estimate of drug-likeness (QED) is 0.380. The topological polar surface area (TPSA) is 6.48 Å². The Hall–Kier alpha value is 0.617. The molecule has 0 spiro atoms. The summed E-state index contributed by atoms with van der Waals surface area (Å²) < 4.78 is 5.58. The Labute approximate surface area is 136 Å². The maximum atomic E-state index is 4.29. The zero-order valence-electron chi connectivity index (χ0n) is 14.7. The van der Waals surface area contributed by atoms with Crippen molar-refractivity contribution in [3.63, 3.8) is 0 Å². The van der Waals surface area contributed by atoms with E-state index in [1.165, 1.54) is 44.8 Å². The minimum absolute atomic E-state index is 0.264. The lowest BCUT2D eigenvalue weighted by Crippen LogP contribution is -2.63. The van der Waals surface area contributed by atoms with Crippen molar-refractivity contribution in [1.29, 1.82) is 0 Å². The van der Waals surface area contributed by atoms with Crippen molar-refractivity contribution >= 4 is 22.3 Å². The van der Waals surface area contributed by atoms with E-state index in [1.807, 2.05) is 0 Å². The lowest BCUT2D eigenvalue weighted by molar-refractivity contribution is 0.260. The maximum Gasteiger partial charge on any atom is 0.281 e. The maximum absolute atomic E-state index is 4.29. The van der Waals surface area contributed by atoms with Gasteiger partial charge in [-0.2, -0.15) is 0 Å². The normalized spacial score (nSPS) is 21.6. The number of unbranched alkanes of at least 4 members (excludes halogenated alkanes) is 3. The molecule has 1 aliphatic heterocycles. The SMILES string of the molecule is CCCCCC[Si]1(Br)N(C(C)(C)C)CCN1C(C)(C)C. The molecule has 0 amide bonds. The van der Waals surface area contributed by atoms with Crippen molar-refractivity contribution in [2.75, 3.05) is 13.1 Å². The van der Waals surface area contributed by atoms with Crippen molar-refractivity contribution in [2.24, 2.45) is 0 Å². The van der Waals surface area contributed by atoms with E-state index in [4.69, 9.17) is 0 Å². The highest BCUT2D eigenvalue weighted by Crippen LogP contribution is 2.42. The van der Waals surface area contributed by atoms with Gasteiger partial charge in [0.1, 0.15) is 0 Å². The fourth-order valence-electron chi connectivity index (χ4n) is 3.43. The van der Waals surface area contributed by atoms with Gasteiger partial charge in [-0.25, -0.2) is 0 Å². The average Bonchev–Trinajstić information content (AvgIpc) is 2.62. The first-order chi connectivity index (χ1) is 9.03. The number of hydrogen-bond acceptors (Lipinski definition) is 2. The van der Waals surface area contributed by atoms with Gasteiger partial charge >= 0.3 is 0 Å². The van der Waals surface area contributed by atoms with Crippen LogP contribution in [0.2, 0.25) is 6.04 Å². The van der Waals surface area contributed by atoms with Crippen LogP contribution in [0.4, 0.5) is 0 Å². The molecule has 2 nitrogen and oxygen atoms in total. The molecule has 4 heteroatoms. The van der Waals surface area contributed by atoms with Gasteiger partial charge in [-0.3, -0.25) is 9.13 Å². The van der Waals surface area contributed by atoms with Gasteiger partial charge in [0.2, 0.25) is 0 Å². The number of hydrogen-bond donors (Lipinski definition) is 0. The minimum atomic E-state index is -1.69. The second-order valence-electron chi connectivity index (χ2n) is 8.17. The first-order valence-electron chi connectivity index (χ1n) is 8.28. The molecule has 1 rings (SSSR count). The lowest BCUT2D eigenvalue weighted by Gasteiger charge is -2.48. The summed E-state index contributed by atoms with van der Waals surface area (Å²) in [5.41, 5.74) is 0.529. The summed E-state index contributed by atoms with van der Waals surface area (Å²) in [6.07, 6.45) is 5.45. The van der Waals surface area contributed by atoms with E-state index in [0.717, 1.165) is 0 Å². The third-order valence-corrected chi connectivity index (χ3v) is 12.5. The Morgan fingerprint density at radius 3 is 1.65 bits per heavy atom. The molecule has 1 saturated heterocycles. The zero-order chi connectivity index (χ0) is 15.6. The highest BCUT2D eigenvalue weighted by atomic mass is 79.9. The van der Waals surface area contributed by atoms with Gasteiger partial charge in [0.05, 0.1) is 0 Å². The molecular formula is C16H35BrN2Si. The van der Waals surface area contributed by atoms with Crippen molar-refractivity contribution < 1.29 is 0 Å². The van der Waals surface area contributed by atoms with Crippen LogP contribution in [0.1, 0.15) is 74.1 Å². The monoisotopic (exact) mass is 362 g/mol. The first kappa shape index (κ1) is 18.7. The molecule has 120 valence electrons. The van der Waals surface area contributed by atoms with Crippen LogP contribution >= 0.6 is 15.3 Å². The summed E-state index contributed by atoms with van der Waals surface area (Å²) in [7, 11) is -1.69. The van der Waals surface area contributed by atoms with Crippen LogP contribution in [-0.4, -0.2) is 40.3 Å². The Kier molecular flexibility index (Phi) is 6.35. The summed E-state index contributed by atoms with van der Waals surface area (Å²) in [6, 6.07) is 1.35. The summed E-state index contributed by atoms with van der Waals surface area (Å²) in [5, 5.41) is 0. The molecule has 0 aromatic heterocycles. The lowest BCUT2D eigenvalue weighted by atomic mass is 10.1. The Morgan fingerprint density at radius 2 is 1.30 bits per heavy atom. The van der Waals surface area contributed by atoms with Crippen molar-refractivity contribution in [1.82, 2.24) is 9.13 Å². The predicted molar refractivity (Wildman–Crippen MR) is 96.5 cm³/mol. The zero-order valence-corrected chi connectivity index (χ0v) is 17.3. The predicted octanol–water partition coefficient (Wildman–Crippen LogP) is 5.12. The first-order valence-corrected chi connectivity index (χ1v) is 12.6. The molecule has 0 aromatic carbocycles. The molecule has 1 fully saturated rings. The number of nitrogens with zero attached hydrogens (tertiary/aromatic N) is 2. The van der Waals surface area contributed by atoms with E-state index < -0.39 is 7.02 Å². The second-order valence-corrected chi connectivity index (χ2v) is 15.0. The average molecular weight is 363 g/mol. The molecule has 20 heavy (non-hydrogen) atoms. The summed E-state index contributed by atoms with van der Waals surface area (Å²) in [5.74, 6) is 0. The second kappa shape index (κ2) is 6.80. The largest absolute Gasteiger partial charge is 0.297 e. The summed E-state index contributed by atoms with van der Waals surface area (Å²) >= 11 is 4.29. The smallest absolute Gasteiger partial charge is 0.281 e. The molecule has 1 heterocycles. The molecule has 0 atom stereocenters. The number of halogens is 1. The van der Waals surface area contributed by atoms with Crippen LogP contribution in [0, 0.1) is 0 Å². The standard InChI is InChI=1S/C16H35BrN2Si/c1-8-9-10-11-14-20(17)18(15(2,3)4)12-13-19(20)16(5,6)7/h8-14H2,1-7H3. The summed E-state index contributed by atoms with van der Waals surface area (Å²) in [6.45, 7) is 18.9. The highest BCUT2D eigenvalue weighted by molar-refractivity contribution is 9.25. The molecule has 0 radical (unpaired) electrons. The van der Waals surface area contributed by atoms with E-state index >= 15 is 0 Å². The van der Waals surface area contributed by atoms with E-state index in [9.17, 15) is 0 Å². The van der Waals surface area contributed by atoms with Crippen LogP contribution < -0.4 is 0 Å². The highest BCUT2D eigenvalue weighted by Gasteiger charge is 2.54. The van der Waals surface area contributed by atoms with Crippen LogP contribution in [0.25, 0.3) is 0 Å². The van der Waals surface area contributed by atoms with Crippen molar-refractivity contribution in [3.8, 4) is 0 Å². The van der Waals surface area contributed by atoms with Gasteiger partial charge in [0, 0.05) is 24.2 Å². The van der Waals surface area contributed by atoms with E-state index in [-0.39, 0.29) is 11.1 Å². The molecule has 0 N–H and O–H groups in total. The third kappa shape index (κ3) is 4.31. The molecular weight excluding hydrogens is 328 g/mol. The van der Waals surface area contributed by atoms with Crippen molar-refractivity contribution in [2.45, 2.75) is 91.3 Å². The van der Waals surface area contributed by atoms with E-state index in [1.54, 1.807) is 0 Å². The molecule has 1 aliphatic rings. The summed E-state index contributed by atoms with van der Waals surface area (Å²) in [4.78, 5) is 0. The third-order valence-electron chi connectivity index (χ3n) is 4.34. The number of rotatable bonds is 5. The van der Waals surface area contributed by atoms with E-state index in [2.05, 4.69) is 72.9 Å². The van der Waals surface area contributed by atoms with Gasteiger partial charge in [-0.15, -0.1) is 0 Å². The molecule has 0 bridgehead atoms. The fourth-order valence-corrected chi connectivity index (χ4v) is 13.0. The fraction of sp³-hybridized carbons (Fsp3) is 1.00. The van der Waals surface area contributed by atoms with Gasteiger partial charge in [-0.05, 0) is 47.6 Å². The van der Waals surface area contributed by atoms with Crippen LogP contribution in [0.3, 0.4) is 0 Å². The van der Waals surface area contributed by atoms with Gasteiger partial charge < -0.3 is 0 Å². The Morgan fingerprint density at radius 1 is 0.850 bits per heavy atom. The Balaban J connectivity index is 2.89. The Bertz CT molecular complexity index is 285. The molecule has 0 saturated carbocycles. The van der Waals surface area contributed by atoms with Crippen molar-refractivity contribution in [3.05, 3.63) is 0 Å². The molecule has 0 aliphatic carbocycles. The van der Waals surface area contributed by atoms with Gasteiger partial charge in [0.15, 0.2) is 0 Å². The van der Waals surface area contributed by atoms with Crippen LogP contribution in [0.5, 0.6) is 0 Å². The molecule has 0 aromatic rings. The molecule has 0 unspecified atom stereocenters. The van der Waals surface area contributed by atoms with Crippen LogP contribution in [0.15, 0.2) is 0 Å².